The van der Waals surface area contributed by atoms with Crippen LogP contribution in [0.5, 0.6) is 5.75 Å². The molecular weight excluding hydrogens is 143 g/mol. The van der Waals surface area contributed by atoms with Crippen LogP contribution < -0.4 is 0 Å². The molecule has 0 spiro atoms. The van der Waals surface area contributed by atoms with E-state index in [1.54, 1.807) is 12.1 Å². The van der Waals surface area contributed by atoms with Gasteiger partial charge in [0.1, 0.15) is 5.75 Å². The molecule has 0 aliphatic rings. The van der Waals surface area contributed by atoms with E-state index in [4.69, 9.17) is 0 Å². The van der Waals surface area contributed by atoms with Gasteiger partial charge in [0.2, 0.25) is 0 Å². The van der Waals surface area contributed by atoms with E-state index in [2.05, 4.69) is 8.86 Å². The largest absolute Gasteiger partial charge is 0.507 e. The van der Waals surface area contributed by atoms with Crippen molar-refractivity contribution in [2.45, 2.75) is 6.92 Å². The molecule has 1 nitrogen and oxygen atoms in total. The van der Waals surface area contributed by atoms with Crippen LogP contribution in [0.25, 0.3) is 0 Å². The van der Waals surface area contributed by atoms with Crippen LogP contribution >= 0.6 is 8.86 Å². The summed E-state index contributed by atoms with van der Waals surface area (Å²) in [6.07, 6.45) is 0. The summed E-state index contributed by atoms with van der Waals surface area (Å²) >= 11 is 0. The van der Waals surface area contributed by atoms with Crippen LogP contribution in [0, 0.1) is 0 Å². The molecule has 0 aromatic heterocycles. The maximum Gasteiger partial charge on any atom is 0.123 e. The van der Waals surface area contributed by atoms with Gasteiger partial charge in [-0.05, 0) is 18.3 Å². The van der Waals surface area contributed by atoms with Crippen LogP contribution in [0.2, 0.25) is 0 Å². The Labute approximate surface area is 62.5 Å². The van der Waals surface area contributed by atoms with E-state index in [1.807, 2.05) is 19.1 Å². The van der Waals surface area contributed by atoms with Crippen molar-refractivity contribution in [1.29, 1.82) is 0 Å². The molecule has 0 saturated carbocycles. The molecular formula is C8H9OP. The van der Waals surface area contributed by atoms with Crippen molar-refractivity contribution in [1.82, 2.24) is 0 Å². The molecule has 0 saturated heterocycles. The van der Waals surface area contributed by atoms with Gasteiger partial charge in [0.05, 0.1) is 0 Å². The first-order valence-electron chi connectivity index (χ1n) is 3.05. The molecule has 0 aliphatic heterocycles. The molecule has 1 rings (SSSR count). The lowest BCUT2D eigenvalue weighted by molar-refractivity contribution is 0.474. The fourth-order valence-corrected chi connectivity index (χ4v) is 1.00. The lowest BCUT2D eigenvalue weighted by Crippen LogP contribution is -1.88. The van der Waals surface area contributed by atoms with Crippen LogP contribution in [0.4, 0.5) is 0 Å². The Morgan fingerprint density at radius 3 is 2.40 bits per heavy atom. The molecule has 0 unspecified atom stereocenters. The Morgan fingerprint density at radius 1 is 1.40 bits per heavy atom. The van der Waals surface area contributed by atoms with Gasteiger partial charge in [-0.25, -0.2) is 0 Å². The first-order valence-corrected chi connectivity index (χ1v) is 3.55. The van der Waals surface area contributed by atoms with Gasteiger partial charge in [-0.2, -0.15) is 0 Å². The minimum atomic E-state index is 0.315. The number of para-hydroxylation sites is 1. The number of phenolic OH excluding ortho intramolecular Hbond substituents is 1. The molecule has 1 aromatic carbocycles. The number of rotatable bonds is 1. The number of hydrogen-bond donors (Lipinski definition) is 1. The van der Waals surface area contributed by atoms with Gasteiger partial charge in [0, 0.05) is 5.56 Å². The summed E-state index contributed by atoms with van der Waals surface area (Å²) < 4.78 is 0. The van der Waals surface area contributed by atoms with E-state index in [0.717, 1.165) is 10.9 Å². The molecule has 0 fully saturated rings. The van der Waals surface area contributed by atoms with E-state index in [1.165, 1.54) is 0 Å². The third kappa shape index (κ3) is 1.37. The average Bonchev–Trinajstić information content (AvgIpc) is 1.88. The van der Waals surface area contributed by atoms with E-state index in [-0.39, 0.29) is 0 Å². The lowest BCUT2D eigenvalue weighted by atomic mass is 10.1. The van der Waals surface area contributed by atoms with Gasteiger partial charge in [-0.3, -0.25) is 0 Å². The summed E-state index contributed by atoms with van der Waals surface area (Å²) in [7, 11) is 3.34. The van der Waals surface area contributed by atoms with Crippen molar-refractivity contribution in [2.24, 2.45) is 0 Å². The van der Waals surface area contributed by atoms with Crippen molar-refractivity contribution in [3.63, 3.8) is 0 Å². The molecule has 10 heavy (non-hydrogen) atoms. The second kappa shape index (κ2) is 2.85. The Hall–Kier alpha value is -0.810. The Morgan fingerprint density at radius 2 is 2.00 bits per heavy atom. The molecule has 1 N–H and O–H groups in total. The van der Waals surface area contributed by atoms with Crippen LogP contribution in [0.15, 0.2) is 24.3 Å². The summed E-state index contributed by atoms with van der Waals surface area (Å²) in [4.78, 5) is 0. The highest BCUT2D eigenvalue weighted by Crippen LogP contribution is 2.16. The molecule has 1 aromatic rings. The van der Waals surface area contributed by atoms with Crippen molar-refractivity contribution in [2.75, 3.05) is 0 Å². The van der Waals surface area contributed by atoms with E-state index in [9.17, 15) is 5.11 Å². The third-order valence-electron chi connectivity index (χ3n) is 1.31. The Bertz CT molecular complexity index is 255. The van der Waals surface area contributed by atoms with E-state index >= 15 is 0 Å². The fourth-order valence-electron chi connectivity index (χ4n) is 0.791. The molecule has 52 valence electrons. The molecule has 0 aliphatic carbocycles. The van der Waals surface area contributed by atoms with E-state index < -0.39 is 0 Å². The molecule has 0 radical (unpaired) electrons. The maximum atomic E-state index is 9.23. The summed E-state index contributed by atoms with van der Waals surface area (Å²) in [5.41, 5.74) is 0.846. The summed E-state index contributed by atoms with van der Waals surface area (Å²) in [5.74, 6) is 0.315. The number of aromatic hydroxyl groups is 1. The lowest BCUT2D eigenvalue weighted by Gasteiger charge is -1.99. The standard InChI is InChI=1S/C8H9OP/c1-6(10)7-4-2-3-5-8(7)9/h2-5,9-10H,1H3. The second-order valence-corrected chi connectivity index (χ2v) is 2.89. The molecule has 0 heterocycles. The zero-order chi connectivity index (χ0) is 7.56. The quantitative estimate of drug-likeness (QED) is 0.611. The predicted molar refractivity (Wildman–Crippen MR) is 46.2 cm³/mol. The first kappa shape index (κ1) is 7.30. The molecule has 0 bridgehead atoms. The predicted octanol–water partition coefficient (Wildman–Crippen LogP) is 2.08. The highest BCUT2D eigenvalue weighted by Gasteiger charge is 1.97. The SMILES string of the molecule is CC(=P)c1ccccc1O. The first-order chi connectivity index (χ1) is 4.72. The van der Waals surface area contributed by atoms with Gasteiger partial charge >= 0.3 is 0 Å². The van der Waals surface area contributed by atoms with Crippen molar-refractivity contribution < 1.29 is 5.11 Å². The molecule has 0 atom stereocenters. The number of benzene rings is 1. The number of phenols is 1. The minimum Gasteiger partial charge on any atom is -0.507 e. The highest BCUT2D eigenvalue weighted by atomic mass is 31.0. The van der Waals surface area contributed by atoms with Crippen LogP contribution in [0.1, 0.15) is 12.5 Å². The van der Waals surface area contributed by atoms with Gasteiger partial charge in [-0.1, -0.05) is 18.2 Å². The fraction of sp³-hybridized carbons (Fsp3) is 0.125. The topological polar surface area (TPSA) is 20.2 Å². The third-order valence-corrected chi connectivity index (χ3v) is 1.58. The zero-order valence-electron chi connectivity index (χ0n) is 5.76. The van der Waals surface area contributed by atoms with E-state index in [0.29, 0.717) is 5.75 Å². The molecule has 0 amide bonds. The Balaban J connectivity index is 3.15. The van der Waals surface area contributed by atoms with Gasteiger partial charge in [0.25, 0.3) is 0 Å². The van der Waals surface area contributed by atoms with Crippen LogP contribution in [-0.4, -0.2) is 10.4 Å². The second-order valence-electron chi connectivity index (χ2n) is 2.14. The van der Waals surface area contributed by atoms with Crippen molar-refractivity contribution in [3.8, 4) is 5.75 Å². The maximum absolute atomic E-state index is 9.23. The van der Waals surface area contributed by atoms with Gasteiger partial charge in [0.15, 0.2) is 0 Å². The number of hydrogen-bond acceptors (Lipinski definition) is 1. The summed E-state index contributed by atoms with van der Waals surface area (Å²) in [5, 5.41) is 10.2. The smallest absolute Gasteiger partial charge is 0.123 e. The molecule has 2 heteroatoms. The normalized spacial score (nSPS) is 9.30. The summed E-state index contributed by atoms with van der Waals surface area (Å²) in [6, 6.07) is 7.21. The average molecular weight is 152 g/mol. The van der Waals surface area contributed by atoms with Crippen molar-refractivity contribution >= 4 is 14.2 Å². The van der Waals surface area contributed by atoms with Crippen molar-refractivity contribution in [3.05, 3.63) is 29.8 Å². The van der Waals surface area contributed by atoms with Crippen LogP contribution in [0.3, 0.4) is 0 Å². The Kier molecular flexibility index (Phi) is 2.08. The monoisotopic (exact) mass is 152 g/mol. The minimum absolute atomic E-state index is 0.315. The van der Waals surface area contributed by atoms with Crippen LogP contribution in [-0.2, 0) is 0 Å². The zero-order valence-corrected chi connectivity index (χ0v) is 6.76. The van der Waals surface area contributed by atoms with Gasteiger partial charge in [-0.15, -0.1) is 8.86 Å². The summed E-state index contributed by atoms with van der Waals surface area (Å²) in [6.45, 7) is 1.89. The highest BCUT2D eigenvalue weighted by molar-refractivity contribution is 7.22. The van der Waals surface area contributed by atoms with Gasteiger partial charge < -0.3 is 5.11 Å².